The fourth-order valence-electron chi connectivity index (χ4n) is 1.67. The summed E-state index contributed by atoms with van der Waals surface area (Å²) in [6, 6.07) is 10.0. The number of morpholine rings is 1. The van der Waals surface area contributed by atoms with Crippen LogP contribution in [0.25, 0.3) is 0 Å². The van der Waals surface area contributed by atoms with Crippen LogP contribution in [0.15, 0.2) is 24.3 Å². The van der Waals surface area contributed by atoms with Gasteiger partial charge >= 0.3 is 0 Å². The van der Waals surface area contributed by atoms with E-state index in [1.165, 1.54) is 0 Å². The lowest BCUT2D eigenvalue weighted by atomic mass is 10.0. The van der Waals surface area contributed by atoms with E-state index in [1.54, 1.807) is 0 Å². The lowest BCUT2D eigenvalue weighted by Crippen LogP contribution is -2.34. The first kappa shape index (κ1) is 9.20. The van der Waals surface area contributed by atoms with Crippen molar-refractivity contribution in [1.82, 2.24) is 5.32 Å². The summed E-state index contributed by atoms with van der Waals surface area (Å²) < 4.78 is 5.36. The van der Waals surface area contributed by atoms with Crippen LogP contribution in [0.3, 0.4) is 0 Å². The highest BCUT2D eigenvalue weighted by Crippen LogP contribution is 2.19. The number of hydrogen-bond donors (Lipinski definition) is 1. The maximum absolute atomic E-state index is 8.93. The van der Waals surface area contributed by atoms with Gasteiger partial charge in [-0.15, -0.1) is 0 Å². The van der Waals surface area contributed by atoms with Crippen LogP contribution >= 0.6 is 0 Å². The molecule has 1 saturated heterocycles. The zero-order chi connectivity index (χ0) is 9.80. The summed E-state index contributed by atoms with van der Waals surface area (Å²) in [6.07, 6.45) is 0. The molecule has 1 heterocycles. The van der Waals surface area contributed by atoms with Gasteiger partial charge in [-0.2, -0.15) is 5.26 Å². The zero-order valence-electron chi connectivity index (χ0n) is 7.86. The molecule has 1 aliphatic heterocycles. The average molecular weight is 188 g/mol. The van der Waals surface area contributed by atoms with Crippen molar-refractivity contribution in [3.63, 3.8) is 0 Å². The summed E-state index contributed by atoms with van der Waals surface area (Å²) in [5.41, 5.74) is 1.77. The Morgan fingerprint density at radius 2 is 2.29 bits per heavy atom. The van der Waals surface area contributed by atoms with E-state index in [4.69, 9.17) is 10.00 Å². The molecule has 0 bridgehead atoms. The number of nitrogens with zero attached hydrogens (tertiary/aromatic N) is 1. The summed E-state index contributed by atoms with van der Waals surface area (Å²) >= 11 is 0. The molecule has 0 aromatic heterocycles. The minimum absolute atomic E-state index is 0.166. The normalized spacial score (nSPS) is 21.5. The molecule has 14 heavy (non-hydrogen) atoms. The summed E-state index contributed by atoms with van der Waals surface area (Å²) in [7, 11) is 0. The number of benzene rings is 1. The Kier molecular flexibility index (Phi) is 2.78. The van der Waals surface area contributed by atoms with Crippen molar-refractivity contribution in [2.75, 3.05) is 19.8 Å². The van der Waals surface area contributed by atoms with Gasteiger partial charge in [-0.05, 0) is 11.6 Å². The Balaban J connectivity index is 2.26. The second kappa shape index (κ2) is 4.23. The van der Waals surface area contributed by atoms with Crippen molar-refractivity contribution in [1.29, 1.82) is 5.26 Å². The molecule has 3 nitrogen and oxygen atoms in total. The van der Waals surface area contributed by atoms with Crippen molar-refractivity contribution >= 4 is 0 Å². The van der Waals surface area contributed by atoms with E-state index in [9.17, 15) is 0 Å². The van der Waals surface area contributed by atoms with Gasteiger partial charge in [0.15, 0.2) is 0 Å². The lowest BCUT2D eigenvalue weighted by Gasteiger charge is -2.24. The third-order valence-corrected chi connectivity index (χ3v) is 2.38. The average Bonchev–Trinajstić information content (AvgIpc) is 2.30. The van der Waals surface area contributed by atoms with Crippen LogP contribution in [0.2, 0.25) is 0 Å². The van der Waals surface area contributed by atoms with Gasteiger partial charge in [0.1, 0.15) is 0 Å². The standard InChI is InChI=1S/C11H12N2O/c12-7-9-3-1-2-4-10(9)11-8-14-6-5-13-11/h1-4,11,13H,5-6,8H2/t11-/m0/s1. The van der Waals surface area contributed by atoms with Gasteiger partial charge in [-0.1, -0.05) is 18.2 Å². The van der Waals surface area contributed by atoms with E-state index in [2.05, 4.69) is 11.4 Å². The molecule has 1 fully saturated rings. The molecule has 0 aliphatic carbocycles. The van der Waals surface area contributed by atoms with E-state index in [1.807, 2.05) is 24.3 Å². The van der Waals surface area contributed by atoms with Crippen LogP contribution in [-0.4, -0.2) is 19.8 Å². The van der Waals surface area contributed by atoms with Gasteiger partial charge in [0.05, 0.1) is 30.9 Å². The fourth-order valence-corrected chi connectivity index (χ4v) is 1.67. The third kappa shape index (κ3) is 1.77. The topological polar surface area (TPSA) is 45.0 Å². The van der Waals surface area contributed by atoms with Crippen LogP contribution in [-0.2, 0) is 4.74 Å². The first-order valence-corrected chi connectivity index (χ1v) is 4.72. The molecular formula is C11H12N2O. The molecule has 1 aromatic carbocycles. The lowest BCUT2D eigenvalue weighted by molar-refractivity contribution is 0.0768. The van der Waals surface area contributed by atoms with E-state index in [-0.39, 0.29) is 6.04 Å². The fraction of sp³-hybridized carbons (Fsp3) is 0.364. The van der Waals surface area contributed by atoms with Gasteiger partial charge in [0.2, 0.25) is 0 Å². The Hall–Kier alpha value is -1.37. The molecule has 0 saturated carbocycles. The molecule has 0 unspecified atom stereocenters. The molecule has 3 heteroatoms. The molecule has 0 radical (unpaired) electrons. The van der Waals surface area contributed by atoms with Gasteiger partial charge in [0.25, 0.3) is 0 Å². The highest BCUT2D eigenvalue weighted by atomic mass is 16.5. The molecule has 2 rings (SSSR count). The number of hydrogen-bond acceptors (Lipinski definition) is 3. The van der Waals surface area contributed by atoms with Crippen LogP contribution in [0.4, 0.5) is 0 Å². The third-order valence-electron chi connectivity index (χ3n) is 2.38. The second-order valence-corrected chi connectivity index (χ2v) is 3.28. The smallest absolute Gasteiger partial charge is 0.0995 e. The van der Waals surface area contributed by atoms with Crippen molar-refractivity contribution in [3.05, 3.63) is 35.4 Å². The Labute approximate surface area is 83.3 Å². The second-order valence-electron chi connectivity index (χ2n) is 3.28. The van der Waals surface area contributed by atoms with E-state index in [0.717, 1.165) is 24.3 Å². The van der Waals surface area contributed by atoms with Crippen LogP contribution in [0, 0.1) is 11.3 Å². The van der Waals surface area contributed by atoms with Gasteiger partial charge in [-0.3, -0.25) is 0 Å². The minimum atomic E-state index is 0.166. The quantitative estimate of drug-likeness (QED) is 0.720. The highest BCUT2D eigenvalue weighted by molar-refractivity contribution is 5.39. The van der Waals surface area contributed by atoms with E-state index >= 15 is 0 Å². The maximum atomic E-state index is 8.93. The Bertz CT molecular complexity index is 351. The Morgan fingerprint density at radius 1 is 1.43 bits per heavy atom. The zero-order valence-corrected chi connectivity index (χ0v) is 7.86. The summed E-state index contributed by atoms with van der Waals surface area (Å²) in [6.45, 7) is 2.26. The van der Waals surface area contributed by atoms with Gasteiger partial charge in [0, 0.05) is 6.54 Å². The van der Waals surface area contributed by atoms with E-state index < -0.39 is 0 Å². The molecule has 0 amide bonds. The summed E-state index contributed by atoms with van der Waals surface area (Å²) in [5.74, 6) is 0. The molecule has 1 atom stereocenters. The molecule has 72 valence electrons. The molecule has 1 aliphatic rings. The predicted octanol–water partition coefficient (Wildman–Crippen LogP) is 1.22. The number of rotatable bonds is 1. The van der Waals surface area contributed by atoms with Crippen LogP contribution in [0.5, 0.6) is 0 Å². The Morgan fingerprint density at radius 3 is 3.00 bits per heavy atom. The largest absolute Gasteiger partial charge is 0.378 e. The van der Waals surface area contributed by atoms with Crippen molar-refractivity contribution < 1.29 is 4.74 Å². The van der Waals surface area contributed by atoms with Crippen LogP contribution < -0.4 is 5.32 Å². The molecular weight excluding hydrogens is 176 g/mol. The maximum Gasteiger partial charge on any atom is 0.0995 e. The molecule has 0 spiro atoms. The number of ether oxygens (including phenoxy) is 1. The van der Waals surface area contributed by atoms with Gasteiger partial charge in [-0.25, -0.2) is 0 Å². The molecule has 1 aromatic rings. The highest BCUT2D eigenvalue weighted by Gasteiger charge is 2.17. The monoisotopic (exact) mass is 188 g/mol. The number of nitriles is 1. The van der Waals surface area contributed by atoms with E-state index in [0.29, 0.717) is 6.61 Å². The van der Waals surface area contributed by atoms with Crippen molar-refractivity contribution in [3.8, 4) is 6.07 Å². The van der Waals surface area contributed by atoms with Crippen molar-refractivity contribution in [2.24, 2.45) is 0 Å². The SMILES string of the molecule is N#Cc1ccccc1[C@@H]1COCCN1. The van der Waals surface area contributed by atoms with Crippen molar-refractivity contribution in [2.45, 2.75) is 6.04 Å². The van der Waals surface area contributed by atoms with Crippen LogP contribution in [0.1, 0.15) is 17.2 Å². The molecule has 1 N–H and O–H groups in total. The first-order chi connectivity index (χ1) is 6.92. The summed E-state index contributed by atoms with van der Waals surface area (Å²) in [4.78, 5) is 0. The van der Waals surface area contributed by atoms with Gasteiger partial charge < -0.3 is 10.1 Å². The minimum Gasteiger partial charge on any atom is -0.378 e. The predicted molar refractivity (Wildman–Crippen MR) is 52.7 cm³/mol. The summed E-state index contributed by atoms with van der Waals surface area (Å²) in [5, 5.41) is 12.3. The first-order valence-electron chi connectivity index (χ1n) is 4.72. The number of nitrogens with one attached hydrogen (secondary N) is 1.